The molecule has 2 heterocycles. The van der Waals surface area contributed by atoms with E-state index < -0.39 is 5.63 Å². The van der Waals surface area contributed by atoms with Crippen LogP contribution in [0.4, 0.5) is 5.69 Å². The molecule has 4 rings (SSSR count). The van der Waals surface area contributed by atoms with Crippen molar-refractivity contribution in [3.63, 3.8) is 0 Å². The number of nitrogens with one attached hydrogen (secondary N) is 1. The highest BCUT2D eigenvalue weighted by atomic mass is 32.2. The van der Waals surface area contributed by atoms with E-state index in [2.05, 4.69) is 0 Å². The van der Waals surface area contributed by atoms with E-state index in [0.717, 1.165) is 33.8 Å². The van der Waals surface area contributed by atoms with Crippen LogP contribution in [0.5, 0.6) is 0 Å². The van der Waals surface area contributed by atoms with E-state index in [0.29, 0.717) is 16.2 Å². The van der Waals surface area contributed by atoms with Crippen molar-refractivity contribution < 1.29 is 9.21 Å². The second kappa shape index (κ2) is 6.55. The molecule has 6 heteroatoms. The smallest absolute Gasteiger partial charge is 0.336 e. The largest absolute Gasteiger partial charge is 0.423 e. The zero-order chi connectivity index (χ0) is 19.1. The van der Waals surface area contributed by atoms with Gasteiger partial charge in [0.05, 0.1) is 10.6 Å². The van der Waals surface area contributed by atoms with Crippen LogP contribution in [0.25, 0.3) is 17.0 Å². The fourth-order valence-electron chi connectivity index (χ4n) is 3.10. The minimum absolute atomic E-state index is 0.152. The Morgan fingerprint density at radius 1 is 1.04 bits per heavy atom. The molecular formula is C21H16N2O3S. The summed E-state index contributed by atoms with van der Waals surface area (Å²) in [7, 11) is 0. The molecule has 134 valence electrons. The highest BCUT2D eigenvalue weighted by Crippen LogP contribution is 2.38. The number of benzene rings is 2. The Morgan fingerprint density at radius 2 is 1.78 bits per heavy atom. The Bertz CT molecular complexity index is 1180. The Labute approximate surface area is 159 Å². The molecule has 1 aromatic heterocycles. The van der Waals surface area contributed by atoms with Gasteiger partial charge in [0.25, 0.3) is 5.91 Å². The lowest BCUT2D eigenvalue weighted by Gasteiger charge is -2.18. The molecule has 0 saturated carbocycles. The normalized spacial score (nSPS) is 15.9. The number of hydrogen-bond acceptors (Lipinski definition) is 5. The first kappa shape index (κ1) is 17.3. The fourth-order valence-corrected chi connectivity index (χ4v) is 3.96. The summed E-state index contributed by atoms with van der Waals surface area (Å²) in [6.45, 7) is 3.66. The quantitative estimate of drug-likeness (QED) is 0.529. The van der Waals surface area contributed by atoms with Crippen LogP contribution >= 0.6 is 11.8 Å². The van der Waals surface area contributed by atoms with Gasteiger partial charge in [-0.05, 0) is 60.5 Å². The lowest BCUT2D eigenvalue weighted by molar-refractivity contribution is -0.113. The number of amidine groups is 1. The topological polar surface area (TPSA) is 74.4 Å². The van der Waals surface area contributed by atoms with Gasteiger partial charge in [-0.15, -0.1) is 0 Å². The first-order valence-electron chi connectivity index (χ1n) is 8.37. The molecule has 1 fully saturated rings. The number of nitrogens with zero attached hydrogens (tertiary/aromatic N) is 1. The SMILES string of the molecule is Cc1cc2oc(=O)cc(C)c2cc1N1C(=N)S/C(=C\c2ccccc2)C1=O. The Morgan fingerprint density at radius 3 is 2.52 bits per heavy atom. The molecule has 1 aliphatic rings. The van der Waals surface area contributed by atoms with E-state index in [1.54, 1.807) is 18.2 Å². The maximum absolute atomic E-state index is 13.0. The number of fused-ring (bicyclic) bond motifs is 1. The van der Waals surface area contributed by atoms with Gasteiger partial charge in [0.2, 0.25) is 0 Å². The summed E-state index contributed by atoms with van der Waals surface area (Å²) in [4.78, 5) is 26.5. The number of hydrogen-bond donors (Lipinski definition) is 1. The van der Waals surface area contributed by atoms with E-state index in [4.69, 9.17) is 9.83 Å². The predicted octanol–water partition coefficient (Wildman–Crippen LogP) is 4.47. The lowest BCUT2D eigenvalue weighted by Crippen LogP contribution is -2.28. The number of anilines is 1. The monoisotopic (exact) mass is 376 g/mol. The zero-order valence-corrected chi connectivity index (χ0v) is 15.6. The number of thioether (sulfide) groups is 1. The van der Waals surface area contributed by atoms with Gasteiger partial charge in [-0.1, -0.05) is 30.3 Å². The van der Waals surface area contributed by atoms with Crippen LogP contribution in [0.1, 0.15) is 16.7 Å². The van der Waals surface area contributed by atoms with Gasteiger partial charge in [0.1, 0.15) is 5.58 Å². The highest BCUT2D eigenvalue weighted by molar-refractivity contribution is 8.19. The number of carbonyl (C=O) groups is 1. The minimum Gasteiger partial charge on any atom is -0.423 e. The van der Waals surface area contributed by atoms with Crippen molar-refractivity contribution in [3.05, 3.63) is 80.5 Å². The molecule has 0 atom stereocenters. The molecule has 5 nitrogen and oxygen atoms in total. The molecule has 0 radical (unpaired) electrons. The van der Waals surface area contributed by atoms with E-state index in [-0.39, 0.29) is 11.1 Å². The van der Waals surface area contributed by atoms with Crippen molar-refractivity contribution in [2.24, 2.45) is 0 Å². The molecular weight excluding hydrogens is 360 g/mol. The van der Waals surface area contributed by atoms with E-state index in [1.165, 1.54) is 11.0 Å². The predicted molar refractivity (Wildman–Crippen MR) is 109 cm³/mol. The molecule has 1 N–H and O–H groups in total. The average Bonchev–Trinajstić information content (AvgIpc) is 2.89. The number of rotatable bonds is 2. The summed E-state index contributed by atoms with van der Waals surface area (Å²) in [5.74, 6) is -0.230. The number of amides is 1. The first-order chi connectivity index (χ1) is 12.9. The number of carbonyl (C=O) groups excluding carboxylic acids is 1. The van der Waals surface area contributed by atoms with Gasteiger partial charge in [0.15, 0.2) is 5.17 Å². The Balaban J connectivity index is 1.80. The molecule has 3 aromatic rings. The van der Waals surface area contributed by atoms with Crippen molar-refractivity contribution >= 4 is 45.6 Å². The van der Waals surface area contributed by atoms with Crippen LogP contribution in [0.3, 0.4) is 0 Å². The van der Waals surface area contributed by atoms with Gasteiger partial charge in [-0.25, -0.2) is 4.79 Å². The molecule has 0 aliphatic carbocycles. The second-order valence-corrected chi connectivity index (χ2v) is 7.38. The van der Waals surface area contributed by atoms with Gasteiger partial charge in [-0.2, -0.15) is 0 Å². The van der Waals surface area contributed by atoms with Gasteiger partial charge in [0, 0.05) is 11.5 Å². The van der Waals surface area contributed by atoms with Crippen molar-refractivity contribution in [1.29, 1.82) is 5.41 Å². The van der Waals surface area contributed by atoms with Crippen LogP contribution < -0.4 is 10.5 Å². The molecule has 0 bridgehead atoms. The summed E-state index contributed by atoms with van der Waals surface area (Å²) in [6.07, 6.45) is 1.79. The van der Waals surface area contributed by atoms with Crippen molar-refractivity contribution in [2.75, 3.05) is 4.90 Å². The van der Waals surface area contributed by atoms with Crippen LogP contribution in [0.15, 0.2) is 62.6 Å². The van der Waals surface area contributed by atoms with E-state index in [9.17, 15) is 9.59 Å². The lowest BCUT2D eigenvalue weighted by atomic mass is 10.1. The Kier molecular flexibility index (Phi) is 4.20. The molecule has 0 spiro atoms. The summed E-state index contributed by atoms with van der Waals surface area (Å²) >= 11 is 1.14. The molecule has 2 aromatic carbocycles. The maximum Gasteiger partial charge on any atom is 0.336 e. The van der Waals surface area contributed by atoms with Gasteiger partial charge >= 0.3 is 5.63 Å². The van der Waals surface area contributed by atoms with Crippen molar-refractivity contribution in [3.8, 4) is 0 Å². The third kappa shape index (κ3) is 3.08. The summed E-state index contributed by atoms with van der Waals surface area (Å²) in [5.41, 5.74) is 3.14. The van der Waals surface area contributed by atoms with Crippen molar-refractivity contribution in [1.82, 2.24) is 0 Å². The first-order valence-corrected chi connectivity index (χ1v) is 9.18. The third-order valence-corrected chi connectivity index (χ3v) is 5.32. The van der Waals surface area contributed by atoms with Gasteiger partial charge in [-0.3, -0.25) is 15.1 Å². The van der Waals surface area contributed by atoms with Crippen LogP contribution in [-0.2, 0) is 4.79 Å². The molecule has 1 saturated heterocycles. The van der Waals surface area contributed by atoms with Gasteiger partial charge < -0.3 is 4.42 Å². The number of aryl methyl sites for hydroxylation is 2. The molecule has 0 unspecified atom stereocenters. The zero-order valence-electron chi connectivity index (χ0n) is 14.8. The van der Waals surface area contributed by atoms with Crippen LogP contribution in [0.2, 0.25) is 0 Å². The average molecular weight is 376 g/mol. The molecule has 27 heavy (non-hydrogen) atoms. The standard InChI is InChI=1S/C21H16N2O3S/c1-12-9-19(24)26-17-8-13(2)16(11-15(12)17)23-20(25)18(27-21(23)22)10-14-6-4-3-5-7-14/h3-11,22H,1-2H3/b18-10-,22-21?. The summed E-state index contributed by atoms with van der Waals surface area (Å²) in [5, 5.41) is 9.22. The molecule has 1 aliphatic heterocycles. The summed E-state index contributed by atoms with van der Waals surface area (Å²) < 4.78 is 5.27. The van der Waals surface area contributed by atoms with Crippen molar-refractivity contribution in [2.45, 2.75) is 13.8 Å². The van der Waals surface area contributed by atoms with Crippen LogP contribution in [0, 0.1) is 19.3 Å². The second-order valence-electron chi connectivity index (χ2n) is 6.35. The summed E-state index contributed by atoms with van der Waals surface area (Å²) in [6, 6.07) is 14.5. The van der Waals surface area contributed by atoms with E-state index >= 15 is 0 Å². The third-order valence-electron chi connectivity index (χ3n) is 4.43. The Hall–Kier alpha value is -3.12. The molecule has 1 amide bonds. The van der Waals surface area contributed by atoms with E-state index in [1.807, 2.05) is 44.2 Å². The highest BCUT2D eigenvalue weighted by Gasteiger charge is 2.34. The van der Waals surface area contributed by atoms with Crippen LogP contribution in [-0.4, -0.2) is 11.1 Å². The minimum atomic E-state index is -0.402. The fraction of sp³-hybridized carbons (Fsp3) is 0.0952. The maximum atomic E-state index is 13.0.